The average Bonchev–Trinajstić information content (AvgIpc) is 2.49. The van der Waals surface area contributed by atoms with Crippen molar-refractivity contribution in [3.05, 3.63) is 74.6 Å². The summed E-state index contributed by atoms with van der Waals surface area (Å²) in [5, 5.41) is 0.511. The van der Waals surface area contributed by atoms with Gasteiger partial charge in [0.05, 0.1) is 5.75 Å². The molecule has 0 spiro atoms. The zero-order chi connectivity index (χ0) is 17.9. The Balaban J connectivity index is 2.45. The fourth-order valence-corrected chi connectivity index (χ4v) is 3.77. The third-order valence-corrected chi connectivity index (χ3v) is 5.52. The predicted molar refractivity (Wildman–Crippen MR) is 97.2 cm³/mol. The molecule has 0 fully saturated rings. The Morgan fingerprint density at radius 3 is 2.33 bits per heavy atom. The molecule has 2 rings (SSSR count). The van der Waals surface area contributed by atoms with E-state index in [-0.39, 0.29) is 5.75 Å². The summed E-state index contributed by atoms with van der Waals surface area (Å²) in [6.45, 7) is 3.73. The molecule has 0 atom stereocenters. The fraction of sp³-hybridized carbons (Fsp3) is 0.167. The molecule has 2 aromatic carbocycles. The third kappa shape index (κ3) is 4.46. The van der Waals surface area contributed by atoms with Gasteiger partial charge in [0.15, 0.2) is 9.84 Å². The molecule has 24 heavy (non-hydrogen) atoms. The van der Waals surface area contributed by atoms with Crippen molar-refractivity contribution in [1.29, 1.82) is 0 Å². The first-order chi connectivity index (χ1) is 11.2. The summed E-state index contributed by atoms with van der Waals surface area (Å²) in [6, 6.07) is 12.0. The lowest BCUT2D eigenvalue weighted by molar-refractivity contribution is -0.113. The molecule has 0 aliphatic rings. The van der Waals surface area contributed by atoms with Crippen molar-refractivity contribution in [3.8, 4) is 0 Å². The van der Waals surface area contributed by atoms with Gasteiger partial charge in [-0.3, -0.25) is 4.79 Å². The number of nitrogens with two attached hydrogens (primary N) is 1. The first-order valence-corrected chi connectivity index (χ1v) is 9.28. The maximum absolute atomic E-state index is 12.6. The molecule has 0 aromatic heterocycles. The van der Waals surface area contributed by atoms with Crippen LogP contribution in [0.4, 0.5) is 0 Å². The van der Waals surface area contributed by atoms with Gasteiger partial charge in [-0.25, -0.2) is 8.42 Å². The van der Waals surface area contributed by atoms with E-state index in [1.807, 2.05) is 32.0 Å². The van der Waals surface area contributed by atoms with Gasteiger partial charge < -0.3 is 5.73 Å². The van der Waals surface area contributed by atoms with E-state index in [0.29, 0.717) is 16.1 Å². The molecular weight excluding hydrogens is 346 g/mol. The third-order valence-electron chi connectivity index (χ3n) is 3.57. The van der Waals surface area contributed by atoms with E-state index in [4.69, 9.17) is 17.3 Å². The number of primary amides is 1. The number of carbonyl (C=O) groups excluding carboxylic acids is 1. The number of rotatable bonds is 5. The first-order valence-electron chi connectivity index (χ1n) is 7.25. The molecule has 126 valence electrons. The van der Waals surface area contributed by atoms with Crippen molar-refractivity contribution in [2.75, 3.05) is 0 Å². The van der Waals surface area contributed by atoms with Crippen LogP contribution >= 0.6 is 11.6 Å². The molecule has 0 aliphatic carbocycles. The Labute approximate surface area is 146 Å². The molecule has 0 aliphatic heterocycles. The highest BCUT2D eigenvalue weighted by Gasteiger charge is 2.23. The summed E-state index contributed by atoms with van der Waals surface area (Å²) in [4.78, 5) is 11.3. The Morgan fingerprint density at radius 1 is 1.12 bits per heavy atom. The number of hydrogen-bond acceptors (Lipinski definition) is 3. The summed E-state index contributed by atoms with van der Waals surface area (Å²) in [5.41, 5.74) is 8.35. The van der Waals surface area contributed by atoms with Crippen molar-refractivity contribution in [2.24, 2.45) is 5.73 Å². The SMILES string of the molecule is Cc1ccc(C)c(/C=C(\C(N)=O)S(=O)(=O)Cc2ccc(Cl)cc2)c1. The number of benzene rings is 2. The van der Waals surface area contributed by atoms with Crippen LogP contribution in [0.15, 0.2) is 47.4 Å². The Kier molecular flexibility index (Phi) is 5.47. The van der Waals surface area contributed by atoms with Crippen molar-refractivity contribution in [3.63, 3.8) is 0 Å². The highest BCUT2D eigenvalue weighted by Crippen LogP contribution is 2.21. The molecule has 0 unspecified atom stereocenters. The van der Waals surface area contributed by atoms with Gasteiger partial charge in [0.25, 0.3) is 5.91 Å². The van der Waals surface area contributed by atoms with Gasteiger partial charge in [-0.05, 0) is 48.7 Å². The first kappa shape index (κ1) is 18.2. The van der Waals surface area contributed by atoms with Crippen LogP contribution in [-0.2, 0) is 20.4 Å². The van der Waals surface area contributed by atoms with Crippen molar-refractivity contribution in [2.45, 2.75) is 19.6 Å². The van der Waals surface area contributed by atoms with Crippen LogP contribution in [0.25, 0.3) is 6.08 Å². The maximum atomic E-state index is 12.6. The highest BCUT2D eigenvalue weighted by molar-refractivity contribution is 7.95. The van der Waals surface area contributed by atoms with Gasteiger partial charge in [-0.1, -0.05) is 47.5 Å². The van der Waals surface area contributed by atoms with Gasteiger partial charge in [0.2, 0.25) is 0 Å². The molecule has 4 nitrogen and oxygen atoms in total. The second kappa shape index (κ2) is 7.20. The molecule has 0 saturated carbocycles. The minimum Gasteiger partial charge on any atom is -0.365 e. The van der Waals surface area contributed by atoms with E-state index < -0.39 is 20.6 Å². The molecule has 0 saturated heterocycles. The summed E-state index contributed by atoms with van der Waals surface area (Å²) in [5.74, 6) is -1.28. The van der Waals surface area contributed by atoms with Crippen LogP contribution in [0.1, 0.15) is 22.3 Å². The van der Waals surface area contributed by atoms with Gasteiger partial charge >= 0.3 is 0 Å². The molecule has 0 radical (unpaired) electrons. The van der Waals surface area contributed by atoms with Crippen molar-refractivity contribution < 1.29 is 13.2 Å². The zero-order valence-corrected chi connectivity index (χ0v) is 15.0. The zero-order valence-electron chi connectivity index (χ0n) is 13.4. The lowest BCUT2D eigenvalue weighted by Gasteiger charge is -2.08. The Bertz CT molecular complexity index is 900. The second-order valence-electron chi connectivity index (χ2n) is 5.62. The fourth-order valence-electron chi connectivity index (χ4n) is 2.25. The average molecular weight is 364 g/mol. The van der Waals surface area contributed by atoms with E-state index in [9.17, 15) is 13.2 Å². The molecule has 1 amide bonds. The topological polar surface area (TPSA) is 77.2 Å². The minimum absolute atomic E-state index is 0.316. The van der Waals surface area contributed by atoms with E-state index in [0.717, 1.165) is 11.1 Å². The lowest BCUT2D eigenvalue weighted by Crippen LogP contribution is -2.22. The van der Waals surface area contributed by atoms with Crippen LogP contribution < -0.4 is 5.73 Å². The number of aryl methyl sites for hydroxylation is 2. The molecule has 2 aromatic rings. The molecular formula is C18H18ClNO3S. The van der Waals surface area contributed by atoms with Crippen LogP contribution in [0.3, 0.4) is 0 Å². The van der Waals surface area contributed by atoms with E-state index in [2.05, 4.69) is 0 Å². The minimum atomic E-state index is -3.87. The number of hydrogen-bond donors (Lipinski definition) is 1. The van der Waals surface area contributed by atoms with Crippen LogP contribution in [-0.4, -0.2) is 14.3 Å². The van der Waals surface area contributed by atoms with Crippen LogP contribution in [0, 0.1) is 13.8 Å². The molecule has 0 heterocycles. The second-order valence-corrected chi connectivity index (χ2v) is 8.01. The number of amides is 1. The predicted octanol–water partition coefficient (Wildman–Crippen LogP) is 3.40. The number of carbonyl (C=O) groups is 1. The number of sulfone groups is 1. The molecule has 2 N–H and O–H groups in total. The Hall–Kier alpha value is -2.11. The van der Waals surface area contributed by atoms with Crippen molar-refractivity contribution in [1.82, 2.24) is 0 Å². The van der Waals surface area contributed by atoms with E-state index in [1.165, 1.54) is 6.08 Å². The van der Waals surface area contributed by atoms with Crippen molar-refractivity contribution >= 4 is 33.4 Å². The largest absolute Gasteiger partial charge is 0.365 e. The maximum Gasteiger partial charge on any atom is 0.260 e. The van der Waals surface area contributed by atoms with Gasteiger partial charge in [-0.15, -0.1) is 0 Å². The van der Waals surface area contributed by atoms with E-state index in [1.54, 1.807) is 24.3 Å². The highest BCUT2D eigenvalue weighted by atomic mass is 35.5. The summed E-state index contributed by atoms with van der Waals surface area (Å²) >= 11 is 5.80. The van der Waals surface area contributed by atoms with Gasteiger partial charge in [0.1, 0.15) is 4.91 Å². The van der Waals surface area contributed by atoms with Crippen LogP contribution in [0.2, 0.25) is 5.02 Å². The van der Waals surface area contributed by atoms with Gasteiger partial charge in [-0.2, -0.15) is 0 Å². The number of halogens is 1. The quantitative estimate of drug-likeness (QED) is 0.827. The smallest absolute Gasteiger partial charge is 0.260 e. The van der Waals surface area contributed by atoms with Gasteiger partial charge in [0, 0.05) is 5.02 Å². The molecule has 0 bridgehead atoms. The molecule has 6 heteroatoms. The normalized spacial score (nSPS) is 12.2. The van der Waals surface area contributed by atoms with E-state index >= 15 is 0 Å². The lowest BCUT2D eigenvalue weighted by atomic mass is 10.1. The Morgan fingerprint density at radius 2 is 1.75 bits per heavy atom. The monoisotopic (exact) mass is 363 g/mol. The summed E-state index contributed by atoms with van der Waals surface area (Å²) in [6.07, 6.45) is 1.34. The summed E-state index contributed by atoms with van der Waals surface area (Å²) < 4.78 is 25.3. The standard InChI is InChI=1S/C18H18ClNO3S/c1-12-3-4-13(2)15(9-12)10-17(18(20)21)24(22,23)11-14-5-7-16(19)8-6-14/h3-10H,11H2,1-2H3,(H2,20,21)/b17-10+. The van der Waals surface area contributed by atoms with Crippen LogP contribution in [0.5, 0.6) is 0 Å². The summed E-state index contributed by atoms with van der Waals surface area (Å²) in [7, 11) is -3.87.